The van der Waals surface area contributed by atoms with Crippen LogP contribution < -0.4 is 4.74 Å². The first-order chi connectivity index (χ1) is 13.6. The van der Waals surface area contributed by atoms with Crippen molar-refractivity contribution in [2.45, 2.75) is 37.6 Å². The van der Waals surface area contributed by atoms with Crippen LogP contribution in [-0.4, -0.2) is 70.7 Å². The van der Waals surface area contributed by atoms with E-state index in [-0.39, 0.29) is 37.2 Å². The zero-order valence-electron chi connectivity index (χ0n) is 15.6. The lowest BCUT2D eigenvalue weighted by Crippen LogP contribution is -2.52. The van der Waals surface area contributed by atoms with Crippen LogP contribution in [0.3, 0.4) is 0 Å². The standard InChI is InChI=1S/C19H23F3N2O5/c20-19(21,22)29-16-3-1-12(2-4-16)13-9-14(17(26)27)11-24(10-13)18(28)23-7-5-15(25)6-8-23/h1-4,13-15,25H,5-11H2,(H,26,27). The fourth-order valence-electron chi connectivity index (χ4n) is 3.87. The van der Waals surface area contributed by atoms with Gasteiger partial charge in [-0.2, -0.15) is 0 Å². The Morgan fingerprint density at radius 1 is 1.03 bits per heavy atom. The molecule has 0 spiro atoms. The monoisotopic (exact) mass is 416 g/mol. The summed E-state index contributed by atoms with van der Waals surface area (Å²) in [5, 5.41) is 19.1. The van der Waals surface area contributed by atoms with Crippen molar-refractivity contribution in [3.8, 4) is 5.75 Å². The topological polar surface area (TPSA) is 90.3 Å². The number of urea groups is 1. The summed E-state index contributed by atoms with van der Waals surface area (Å²) in [5.74, 6) is -2.45. The lowest BCUT2D eigenvalue weighted by molar-refractivity contribution is -0.274. The highest BCUT2D eigenvalue weighted by molar-refractivity contribution is 5.77. The summed E-state index contributed by atoms with van der Waals surface area (Å²) >= 11 is 0. The number of halogens is 3. The van der Waals surface area contributed by atoms with Crippen LogP contribution in [0, 0.1) is 5.92 Å². The first kappa shape index (κ1) is 21.2. The minimum Gasteiger partial charge on any atom is -0.481 e. The molecule has 2 aliphatic heterocycles. The van der Waals surface area contributed by atoms with Gasteiger partial charge in [-0.3, -0.25) is 4.79 Å². The first-order valence-electron chi connectivity index (χ1n) is 9.43. The molecule has 0 aliphatic carbocycles. The summed E-state index contributed by atoms with van der Waals surface area (Å²) in [6.45, 7) is 1.17. The second kappa shape index (κ2) is 8.48. The van der Waals surface area contributed by atoms with Crippen molar-refractivity contribution >= 4 is 12.0 Å². The predicted octanol–water partition coefficient (Wildman–Crippen LogP) is 2.65. The van der Waals surface area contributed by atoms with Gasteiger partial charge in [-0.25, -0.2) is 4.79 Å². The molecule has 10 heteroatoms. The molecule has 2 heterocycles. The lowest BCUT2D eigenvalue weighted by Gasteiger charge is -2.40. The number of benzene rings is 1. The third-order valence-electron chi connectivity index (χ3n) is 5.39. The third kappa shape index (κ3) is 5.53. The Morgan fingerprint density at radius 2 is 1.66 bits per heavy atom. The molecule has 3 rings (SSSR count). The van der Waals surface area contributed by atoms with Gasteiger partial charge in [-0.15, -0.1) is 13.2 Å². The molecular weight excluding hydrogens is 393 g/mol. The van der Waals surface area contributed by atoms with Crippen molar-refractivity contribution in [3.05, 3.63) is 29.8 Å². The lowest BCUT2D eigenvalue weighted by atomic mass is 9.84. The highest BCUT2D eigenvalue weighted by Crippen LogP contribution is 2.33. The van der Waals surface area contributed by atoms with Crippen LogP contribution in [0.5, 0.6) is 5.75 Å². The average molecular weight is 416 g/mol. The Bertz CT molecular complexity index is 732. The number of rotatable bonds is 3. The number of likely N-dealkylation sites (tertiary alicyclic amines) is 2. The van der Waals surface area contributed by atoms with E-state index in [1.807, 2.05) is 0 Å². The zero-order chi connectivity index (χ0) is 21.2. The van der Waals surface area contributed by atoms with Gasteiger partial charge in [0.15, 0.2) is 0 Å². The molecule has 2 amide bonds. The number of hydrogen-bond acceptors (Lipinski definition) is 4. The van der Waals surface area contributed by atoms with Crippen molar-refractivity contribution in [2.24, 2.45) is 5.92 Å². The van der Waals surface area contributed by atoms with E-state index in [9.17, 15) is 33.0 Å². The van der Waals surface area contributed by atoms with Crippen LogP contribution in [0.4, 0.5) is 18.0 Å². The molecule has 29 heavy (non-hydrogen) atoms. The molecular formula is C19H23F3N2O5. The Labute approximate surface area is 165 Å². The number of amides is 2. The molecule has 2 saturated heterocycles. The maximum Gasteiger partial charge on any atom is 0.573 e. The van der Waals surface area contributed by atoms with E-state index in [1.165, 1.54) is 29.2 Å². The van der Waals surface area contributed by atoms with Crippen molar-refractivity contribution in [2.75, 3.05) is 26.2 Å². The highest BCUT2D eigenvalue weighted by atomic mass is 19.4. The maximum atomic E-state index is 12.8. The van der Waals surface area contributed by atoms with Gasteiger partial charge in [-0.05, 0) is 37.0 Å². The summed E-state index contributed by atoms with van der Waals surface area (Å²) in [5.41, 5.74) is 0.650. The van der Waals surface area contributed by atoms with Crippen LogP contribution in [0.1, 0.15) is 30.7 Å². The largest absolute Gasteiger partial charge is 0.573 e. The number of carboxylic acids is 1. The number of aliphatic hydroxyl groups excluding tert-OH is 1. The molecule has 2 atom stereocenters. The van der Waals surface area contributed by atoms with Gasteiger partial charge in [-0.1, -0.05) is 12.1 Å². The number of alkyl halides is 3. The normalized spacial score (nSPS) is 23.7. The molecule has 0 bridgehead atoms. The maximum absolute atomic E-state index is 12.8. The fraction of sp³-hybridized carbons (Fsp3) is 0.579. The SMILES string of the molecule is O=C(O)C1CC(c2ccc(OC(F)(F)F)cc2)CN(C(=O)N2CCC(O)CC2)C1. The van der Waals surface area contributed by atoms with Crippen molar-refractivity contribution < 1.29 is 37.7 Å². The number of carbonyl (C=O) groups is 2. The summed E-state index contributed by atoms with van der Waals surface area (Å²) in [7, 11) is 0. The van der Waals surface area contributed by atoms with Crippen LogP contribution in [0.25, 0.3) is 0 Å². The number of carboxylic acid groups (broad SMARTS) is 1. The Hall–Kier alpha value is -2.49. The van der Waals surface area contributed by atoms with Crippen molar-refractivity contribution in [1.82, 2.24) is 9.80 Å². The summed E-state index contributed by atoms with van der Waals surface area (Å²) < 4.78 is 40.8. The molecule has 2 aliphatic rings. The summed E-state index contributed by atoms with van der Waals surface area (Å²) in [6, 6.07) is 5.03. The summed E-state index contributed by atoms with van der Waals surface area (Å²) in [6.07, 6.45) is -3.97. The van der Waals surface area contributed by atoms with Crippen molar-refractivity contribution in [1.29, 1.82) is 0 Å². The fourth-order valence-corrected chi connectivity index (χ4v) is 3.87. The molecule has 2 unspecified atom stereocenters. The highest BCUT2D eigenvalue weighted by Gasteiger charge is 2.37. The van der Waals surface area contributed by atoms with Gasteiger partial charge >= 0.3 is 18.4 Å². The minimum atomic E-state index is -4.79. The van der Waals surface area contributed by atoms with E-state index in [1.54, 1.807) is 4.90 Å². The van der Waals surface area contributed by atoms with Gasteiger partial charge in [0.2, 0.25) is 0 Å². The number of carbonyl (C=O) groups excluding carboxylic acids is 1. The molecule has 0 aromatic heterocycles. The third-order valence-corrected chi connectivity index (χ3v) is 5.39. The van der Waals surface area contributed by atoms with E-state index in [0.717, 1.165) is 0 Å². The van der Waals surface area contributed by atoms with Crippen molar-refractivity contribution in [3.63, 3.8) is 0 Å². The molecule has 0 saturated carbocycles. The molecule has 1 aromatic carbocycles. The van der Waals surface area contributed by atoms with Crippen LogP contribution in [0.15, 0.2) is 24.3 Å². The number of aliphatic carboxylic acids is 1. The quantitative estimate of drug-likeness (QED) is 0.791. The molecule has 7 nitrogen and oxygen atoms in total. The summed E-state index contributed by atoms with van der Waals surface area (Å²) in [4.78, 5) is 27.5. The zero-order valence-corrected chi connectivity index (χ0v) is 15.6. The predicted molar refractivity (Wildman–Crippen MR) is 95.4 cm³/mol. The number of aliphatic hydroxyl groups is 1. The molecule has 2 N–H and O–H groups in total. The van der Waals surface area contributed by atoms with Gasteiger partial charge in [0.05, 0.1) is 12.0 Å². The first-order valence-corrected chi connectivity index (χ1v) is 9.43. The van der Waals surface area contributed by atoms with Gasteiger partial charge in [0, 0.05) is 32.1 Å². The Morgan fingerprint density at radius 3 is 2.21 bits per heavy atom. The molecule has 0 radical (unpaired) electrons. The molecule has 1 aromatic rings. The van der Waals surface area contributed by atoms with Gasteiger partial charge in [0.25, 0.3) is 0 Å². The number of piperidine rings is 2. The minimum absolute atomic E-state index is 0.0823. The van der Waals surface area contributed by atoms with E-state index >= 15 is 0 Å². The number of nitrogens with zero attached hydrogens (tertiary/aromatic N) is 2. The molecule has 160 valence electrons. The molecule has 2 fully saturated rings. The van der Waals surface area contributed by atoms with Crippen LogP contribution >= 0.6 is 0 Å². The Balaban J connectivity index is 1.73. The average Bonchev–Trinajstić information content (AvgIpc) is 2.67. The number of hydrogen-bond donors (Lipinski definition) is 2. The Kier molecular flexibility index (Phi) is 6.21. The van der Waals surface area contributed by atoms with Gasteiger partial charge in [0.1, 0.15) is 5.75 Å². The van der Waals surface area contributed by atoms with E-state index in [0.29, 0.717) is 31.5 Å². The smallest absolute Gasteiger partial charge is 0.481 e. The van der Waals surface area contributed by atoms with E-state index < -0.39 is 24.4 Å². The van der Waals surface area contributed by atoms with E-state index in [4.69, 9.17) is 0 Å². The van der Waals surface area contributed by atoms with E-state index in [2.05, 4.69) is 4.74 Å². The number of ether oxygens (including phenoxy) is 1. The second-order valence-corrected chi connectivity index (χ2v) is 7.49. The van der Waals surface area contributed by atoms with Gasteiger partial charge < -0.3 is 24.7 Å². The second-order valence-electron chi connectivity index (χ2n) is 7.49. The van der Waals surface area contributed by atoms with Crippen LogP contribution in [0.2, 0.25) is 0 Å². The van der Waals surface area contributed by atoms with Crippen LogP contribution in [-0.2, 0) is 4.79 Å².